The van der Waals surface area contributed by atoms with Gasteiger partial charge in [0.25, 0.3) is 0 Å². The SMILES string of the molecule is COC(=O)CN=C(C(Br)=C(N)C(F)(F)F)c1nsc(-c2cccc(S(C)(=O)=O)c2)n1. The molecular formula is C16H14BrF3N4O4S2. The van der Waals surface area contributed by atoms with E-state index in [4.69, 9.17) is 5.73 Å². The van der Waals surface area contributed by atoms with Gasteiger partial charge < -0.3 is 10.5 Å². The first-order chi connectivity index (χ1) is 13.8. The number of ether oxygens (including phenoxy) is 1. The molecule has 0 radical (unpaired) electrons. The van der Waals surface area contributed by atoms with Gasteiger partial charge in [0.2, 0.25) is 0 Å². The molecule has 30 heavy (non-hydrogen) atoms. The van der Waals surface area contributed by atoms with E-state index in [1.54, 1.807) is 6.07 Å². The number of rotatable bonds is 6. The molecule has 0 aliphatic carbocycles. The summed E-state index contributed by atoms with van der Waals surface area (Å²) >= 11 is 3.56. The summed E-state index contributed by atoms with van der Waals surface area (Å²) in [6.45, 7) is -0.593. The molecule has 0 unspecified atom stereocenters. The normalized spacial score (nSPS) is 13.7. The summed E-state index contributed by atoms with van der Waals surface area (Å²) in [5.74, 6) is -1.03. The van der Waals surface area contributed by atoms with Crippen molar-refractivity contribution in [2.75, 3.05) is 19.9 Å². The molecule has 8 nitrogen and oxygen atoms in total. The number of aromatic nitrogens is 2. The van der Waals surface area contributed by atoms with E-state index in [0.29, 0.717) is 5.56 Å². The Bertz CT molecular complexity index is 1130. The maximum atomic E-state index is 13.0. The highest BCUT2D eigenvalue weighted by atomic mass is 79.9. The molecule has 0 fully saturated rings. The number of allylic oxidation sites excluding steroid dienone is 2. The molecule has 2 aromatic rings. The Morgan fingerprint density at radius 3 is 2.60 bits per heavy atom. The quantitative estimate of drug-likeness (QED) is 0.453. The van der Waals surface area contributed by atoms with Gasteiger partial charge in [-0.1, -0.05) is 12.1 Å². The standard InChI is InChI=1S/C16H14BrF3N4O4S2/c1-28-10(25)7-22-12(11(17)13(21)16(18,19)20)14-23-15(29-24-14)8-4-3-5-9(6-8)30(2,26)27/h3-6H,7,21H2,1-2H3. The van der Waals surface area contributed by atoms with E-state index in [0.717, 1.165) is 24.9 Å². The van der Waals surface area contributed by atoms with Crippen LogP contribution in [0.3, 0.4) is 0 Å². The van der Waals surface area contributed by atoms with Crippen LogP contribution in [0.15, 0.2) is 44.3 Å². The van der Waals surface area contributed by atoms with Crippen LogP contribution in [0.2, 0.25) is 0 Å². The number of sulfone groups is 1. The lowest BCUT2D eigenvalue weighted by atomic mass is 10.2. The first-order valence-corrected chi connectivity index (χ1v) is 11.3. The van der Waals surface area contributed by atoms with Crippen molar-refractivity contribution in [2.45, 2.75) is 11.1 Å². The Hall–Kier alpha value is -2.32. The van der Waals surface area contributed by atoms with Gasteiger partial charge in [-0.05, 0) is 39.6 Å². The fourth-order valence-corrected chi connectivity index (χ4v) is 3.85. The van der Waals surface area contributed by atoms with Crippen LogP contribution in [-0.4, -0.2) is 55.5 Å². The van der Waals surface area contributed by atoms with Crippen LogP contribution < -0.4 is 5.73 Å². The van der Waals surface area contributed by atoms with Crippen LogP contribution in [0.25, 0.3) is 10.6 Å². The van der Waals surface area contributed by atoms with Gasteiger partial charge in [-0.2, -0.15) is 17.5 Å². The lowest BCUT2D eigenvalue weighted by Gasteiger charge is -2.10. The van der Waals surface area contributed by atoms with E-state index in [1.165, 1.54) is 18.2 Å². The van der Waals surface area contributed by atoms with Gasteiger partial charge in [-0.25, -0.2) is 13.4 Å². The van der Waals surface area contributed by atoms with Crippen molar-refractivity contribution >= 4 is 49.0 Å². The number of alkyl halides is 3. The largest absolute Gasteiger partial charge is 0.468 e. The molecule has 1 aromatic carbocycles. The third kappa shape index (κ3) is 5.86. The summed E-state index contributed by atoms with van der Waals surface area (Å²) in [5, 5.41) is 0.229. The predicted molar refractivity (Wildman–Crippen MR) is 108 cm³/mol. The van der Waals surface area contributed by atoms with Crippen molar-refractivity contribution in [3.05, 3.63) is 40.3 Å². The number of benzene rings is 1. The molecule has 0 spiro atoms. The molecule has 14 heteroatoms. The van der Waals surface area contributed by atoms with Gasteiger partial charge in [-0.15, -0.1) is 0 Å². The average Bonchev–Trinajstić information content (AvgIpc) is 3.15. The Kier molecular flexibility index (Phi) is 7.36. The van der Waals surface area contributed by atoms with Crippen LogP contribution in [-0.2, 0) is 19.4 Å². The van der Waals surface area contributed by atoms with E-state index < -0.39 is 44.4 Å². The van der Waals surface area contributed by atoms with Crippen molar-refractivity contribution in [3.8, 4) is 10.6 Å². The number of aliphatic imine (C=N–C) groups is 1. The number of carbonyl (C=O) groups is 1. The molecule has 0 aliphatic rings. The number of methoxy groups -OCH3 is 1. The summed E-state index contributed by atoms with van der Waals surface area (Å²) in [4.78, 5) is 19.4. The zero-order valence-corrected chi connectivity index (χ0v) is 18.6. The Morgan fingerprint density at radius 1 is 1.37 bits per heavy atom. The molecule has 1 aromatic heterocycles. The summed E-state index contributed by atoms with van der Waals surface area (Å²) in [7, 11) is -2.38. The van der Waals surface area contributed by atoms with Crippen LogP contribution in [0, 0.1) is 0 Å². The van der Waals surface area contributed by atoms with E-state index in [9.17, 15) is 26.4 Å². The van der Waals surface area contributed by atoms with Gasteiger partial charge in [0.05, 0.1) is 16.5 Å². The van der Waals surface area contributed by atoms with Crippen LogP contribution in [0.5, 0.6) is 0 Å². The first kappa shape index (κ1) is 24.0. The average molecular weight is 527 g/mol. The summed E-state index contributed by atoms with van der Waals surface area (Å²) in [6, 6.07) is 5.82. The Morgan fingerprint density at radius 2 is 2.03 bits per heavy atom. The maximum absolute atomic E-state index is 13.0. The molecule has 1 heterocycles. The smallest absolute Gasteiger partial charge is 0.431 e. The molecule has 0 saturated carbocycles. The Labute approximate surface area is 181 Å². The minimum Gasteiger partial charge on any atom is -0.468 e. The van der Waals surface area contributed by atoms with Crippen LogP contribution in [0.4, 0.5) is 13.2 Å². The molecule has 162 valence electrons. The lowest BCUT2D eigenvalue weighted by molar-refractivity contribution is -0.138. The summed E-state index contributed by atoms with van der Waals surface area (Å²) in [5.41, 5.74) is 3.65. The van der Waals surface area contributed by atoms with Gasteiger partial charge in [-0.3, -0.25) is 9.79 Å². The van der Waals surface area contributed by atoms with Crippen molar-refractivity contribution in [1.29, 1.82) is 0 Å². The molecule has 0 bridgehead atoms. The maximum Gasteiger partial charge on any atom is 0.431 e. The number of esters is 1. The molecule has 0 aliphatic heterocycles. The highest BCUT2D eigenvalue weighted by molar-refractivity contribution is 9.12. The third-order valence-electron chi connectivity index (χ3n) is 3.49. The second-order valence-corrected chi connectivity index (χ2v) is 9.25. The van der Waals surface area contributed by atoms with E-state index in [2.05, 4.69) is 35.0 Å². The topological polar surface area (TPSA) is 125 Å². The molecule has 2 N–H and O–H groups in total. The van der Waals surface area contributed by atoms with Gasteiger partial charge in [0.15, 0.2) is 15.7 Å². The van der Waals surface area contributed by atoms with Crippen molar-refractivity contribution in [2.24, 2.45) is 10.7 Å². The van der Waals surface area contributed by atoms with Gasteiger partial charge in [0, 0.05) is 11.8 Å². The molecule has 2 rings (SSSR count). The third-order valence-corrected chi connectivity index (χ3v) is 6.17. The molecular weight excluding hydrogens is 513 g/mol. The summed E-state index contributed by atoms with van der Waals surface area (Å²) < 4.78 is 70.3. The molecule has 0 saturated heterocycles. The van der Waals surface area contributed by atoms with Crippen molar-refractivity contribution in [3.63, 3.8) is 0 Å². The van der Waals surface area contributed by atoms with E-state index in [1.807, 2.05) is 0 Å². The number of carbonyl (C=O) groups excluding carboxylic acids is 1. The van der Waals surface area contributed by atoms with E-state index >= 15 is 0 Å². The first-order valence-electron chi connectivity index (χ1n) is 7.83. The minimum atomic E-state index is -4.87. The minimum absolute atomic E-state index is 0.0405. The number of nitrogens with zero attached hydrogens (tertiary/aromatic N) is 3. The van der Waals surface area contributed by atoms with Crippen molar-refractivity contribution in [1.82, 2.24) is 9.36 Å². The lowest BCUT2D eigenvalue weighted by Crippen LogP contribution is -2.24. The number of hydrogen-bond acceptors (Lipinski definition) is 9. The second kappa shape index (κ2) is 9.22. The molecule has 0 atom stereocenters. The number of hydrogen-bond donors (Lipinski definition) is 1. The predicted octanol–water partition coefficient (Wildman–Crippen LogP) is 2.70. The number of nitrogens with two attached hydrogens (primary N) is 1. The zero-order chi connectivity index (χ0) is 22.7. The van der Waals surface area contributed by atoms with Crippen LogP contribution in [0.1, 0.15) is 5.82 Å². The fraction of sp³-hybridized carbons (Fsp3) is 0.250. The molecule has 0 amide bonds. The zero-order valence-electron chi connectivity index (χ0n) is 15.4. The van der Waals surface area contributed by atoms with Gasteiger partial charge >= 0.3 is 12.1 Å². The highest BCUT2D eigenvalue weighted by Gasteiger charge is 2.36. The van der Waals surface area contributed by atoms with Gasteiger partial charge in [0.1, 0.15) is 23.0 Å². The Balaban J connectivity index is 2.55. The highest BCUT2D eigenvalue weighted by Crippen LogP contribution is 2.30. The summed E-state index contributed by atoms with van der Waals surface area (Å²) in [6.07, 6.45) is -3.83. The number of halogens is 4. The van der Waals surface area contributed by atoms with E-state index in [-0.39, 0.29) is 15.7 Å². The fourth-order valence-electron chi connectivity index (χ4n) is 2.00. The van der Waals surface area contributed by atoms with Crippen LogP contribution >= 0.6 is 27.5 Å². The second-order valence-electron chi connectivity index (χ2n) is 5.69. The van der Waals surface area contributed by atoms with Crippen molar-refractivity contribution < 1.29 is 31.1 Å². The monoisotopic (exact) mass is 526 g/mol.